The number of rotatable bonds is 5. The van der Waals surface area contributed by atoms with Crippen LogP contribution in [0.15, 0.2) is 18.2 Å². The van der Waals surface area contributed by atoms with Crippen LogP contribution >= 0.6 is 0 Å². The van der Waals surface area contributed by atoms with Gasteiger partial charge in [-0.25, -0.2) is 4.79 Å². The molecule has 0 bridgehead atoms. The van der Waals surface area contributed by atoms with Gasteiger partial charge >= 0.3 is 5.97 Å². The minimum absolute atomic E-state index is 0.0544. The van der Waals surface area contributed by atoms with Crippen molar-refractivity contribution in [3.05, 3.63) is 23.8 Å². The maximum atomic E-state index is 11.4. The average Bonchev–Trinajstić information content (AvgIpc) is 2.34. The summed E-state index contributed by atoms with van der Waals surface area (Å²) in [5.41, 5.74) is 12.6. The maximum absolute atomic E-state index is 11.4. The molecular formula is C13H19N3O3. The lowest BCUT2D eigenvalue weighted by atomic mass is 10.1. The lowest BCUT2D eigenvalue weighted by Crippen LogP contribution is -2.39. The summed E-state index contributed by atoms with van der Waals surface area (Å²) >= 11 is 0. The highest BCUT2D eigenvalue weighted by atomic mass is 16.5. The number of benzene rings is 1. The molecule has 0 unspecified atom stereocenters. The summed E-state index contributed by atoms with van der Waals surface area (Å²) in [5.74, 6) is -0.894. The summed E-state index contributed by atoms with van der Waals surface area (Å²) in [4.78, 5) is 24.3. The summed E-state index contributed by atoms with van der Waals surface area (Å²) in [6.07, 6.45) is 0. The van der Waals surface area contributed by atoms with E-state index in [9.17, 15) is 9.59 Å². The number of ether oxygens (including phenoxy) is 1. The molecule has 0 aliphatic carbocycles. The lowest BCUT2D eigenvalue weighted by Gasteiger charge is -2.28. The number of methoxy groups -OCH3 is 1. The normalized spacial score (nSPS) is 10.3. The Morgan fingerprint density at radius 2 is 2.00 bits per heavy atom. The number of primary amides is 1. The van der Waals surface area contributed by atoms with Gasteiger partial charge in [-0.05, 0) is 32.0 Å². The standard InChI is InChI=1S/C13H19N3O3/c1-8(2)16(7-12(15)17)11-5-4-9(6-10(11)14)13(18)19-3/h4-6,8H,7,14H2,1-3H3,(H2,15,17). The van der Waals surface area contributed by atoms with Gasteiger partial charge in [0.1, 0.15) is 0 Å². The van der Waals surface area contributed by atoms with E-state index in [1.807, 2.05) is 13.8 Å². The molecule has 19 heavy (non-hydrogen) atoms. The molecule has 0 fully saturated rings. The van der Waals surface area contributed by atoms with E-state index in [0.29, 0.717) is 16.9 Å². The number of amides is 1. The second kappa shape index (κ2) is 6.08. The van der Waals surface area contributed by atoms with Crippen molar-refractivity contribution in [1.82, 2.24) is 0 Å². The molecule has 4 N–H and O–H groups in total. The zero-order valence-corrected chi connectivity index (χ0v) is 11.3. The fourth-order valence-corrected chi connectivity index (χ4v) is 1.77. The molecule has 1 aromatic rings. The summed E-state index contributed by atoms with van der Waals surface area (Å²) in [7, 11) is 1.31. The number of carbonyl (C=O) groups is 2. The molecule has 0 saturated heterocycles. The molecule has 0 aliphatic heterocycles. The number of nitrogens with two attached hydrogens (primary N) is 2. The van der Waals surface area contributed by atoms with Crippen LogP contribution in [-0.2, 0) is 9.53 Å². The van der Waals surface area contributed by atoms with Gasteiger partial charge in [0.25, 0.3) is 0 Å². The van der Waals surface area contributed by atoms with Crippen LogP contribution in [0.5, 0.6) is 0 Å². The van der Waals surface area contributed by atoms with Crippen LogP contribution in [0, 0.1) is 0 Å². The number of anilines is 2. The largest absolute Gasteiger partial charge is 0.465 e. The summed E-state index contributed by atoms with van der Waals surface area (Å²) in [6.45, 7) is 3.92. The summed E-state index contributed by atoms with van der Waals surface area (Å²) < 4.78 is 4.62. The van der Waals surface area contributed by atoms with Crippen LogP contribution in [0.4, 0.5) is 11.4 Å². The third-order valence-corrected chi connectivity index (χ3v) is 2.71. The van der Waals surface area contributed by atoms with Gasteiger partial charge in [-0.15, -0.1) is 0 Å². The van der Waals surface area contributed by atoms with Crippen molar-refractivity contribution in [2.24, 2.45) is 5.73 Å². The van der Waals surface area contributed by atoms with E-state index in [-0.39, 0.29) is 12.6 Å². The lowest BCUT2D eigenvalue weighted by molar-refractivity contribution is -0.116. The van der Waals surface area contributed by atoms with E-state index >= 15 is 0 Å². The Bertz CT molecular complexity index is 486. The van der Waals surface area contributed by atoms with Crippen LogP contribution in [0.3, 0.4) is 0 Å². The van der Waals surface area contributed by atoms with Crippen molar-refractivity contribution in [3.8, 4) is 0 Å². The van der Waals surface area contributed by atoms with E-state index in [1.165, 1.54) is 13.2 Å². The van der Waals surface area contributed by atoms with Crippen molar-refractivity contribution >= 4 is 23.3 Å². The van der Waals surface area contributed by atoms with Crippen LogP contribution in [0.2, 0.25) is 0 Å². The van der Waals surface area contributed by atoms with E-state index in [4.69, 9.17) is 11.5 Å². The highest BCUT2D eigenvalue weighted by Gasteiger charge is 2.17. The molecular weight excluding hydrogens is 246 g/mol. The topological polar surface area (TPSA) is 98.6 Å². The molecule has 1 rings (SSSR count). The number of hydrogen-bond donors (Lipinski definition) is 2. The average molecular weight is 265 g/mol. The SMILES string of the molecule is COC(=O)c1ccc(N(CC(N)=O)C(C)C)c(N)c1. The van der Waals surface area contributed by atoms with E-state index in [0.717, 1.165) is 0 Å². The van der Waals surface area contributed by atoms with Crippen molar-refractivity contribution in [2.45, 2.75) is 19.9 Å². The molecule has 6 heteroatoms. The van der Waals surface area contributed by atoms with Crippen LogP contribution < -0.4 is 16.4 Å². The van der Waals surface area contributed by atoms with E-state index < -0.39 is 11.9 Å². The van der Waals surface area contributed by atoms with Crippen LogP contribution in [0.1, 0.15) is 24.2 Å². The van der Waals surface area contributed by atoms with Crippen molar-refractivity contribution in [1.29, 1.82) is 0 Å². The monoisotopic (exact) mass is 265 g/mol. The molecule has 0 heterocycles. The minimum Gasteiger partial charge on any atom is -0.465 e. The van der Waals surface area contributed by atoms with Crippen LogP contribution in [0.25, 0.3) is 0 Å². The smallest absolute Gasteiger partial charge is 0.337 e. The van der Waals surface area contributed by atoms with Crippen molar-refractivity contribution < 1.29 is 14.3 Å². The molecule has 0 saturated carbocycles. The molecule has 0 radical (unpaired) electrons. The third-order valence-electron chi connectivity index (χ3n) is 2.71. The Hall–Kier alpha value is -2.24. The Morgan fingerprint density at radius 1 is 1.37 bits per heavy atom. The quantitative estimate of drug-likeness (QED) is 0.604. The molecule has 0 spiro atoms. The summed E-state index contributed by atoms with van der Waals surface area (Å²) in [6, 6.07) is 4.87. The number of esters is 1. The van der Waals surface area contributed by atoms with Gasteiger partial charge in [0.15, 0.2) is 0 Å². The van der Waals surface area contributed by atoms with Gasteiger partial charge in [0.05, 0.1) is 30.6 Å². The maximum Gasteiger partial charge on any atom is 0.337 e. The highest BCUT2D eigenvalue weighted by Crippen LogP contribution is 2.26. The Labute approximate surface area is 112 Å². The second-order valence-corrected chi connectivity index (χ2v) is 4.45. The van der Waals surface area contributed by atoms with Crippen molar-refractivity contribution in [3.63, 3.8) is 0 Å². The molecule has 0 atom stereocenters. The van der Waals surface area contributed by atoms with E-state index in [2.05, 4.69) is 4.74 Å². The Kier molecular flexibility index (Phi) is 4.74. The minimum atomic E-state index is -0.454. The van der Waals surface area contributed by atoms with Gasteiger partial charge in [-0.1, -0.05) is 0 Å². The van der Waals surface area contributed by atoms with Gasteiger partial charge < -0.3 is 21.1 Å². The molecule has 6 nitrogen and oxygen atoms in total. The molecule has 0 aliphatic rings. The van der Waals surface area contributed by atoms with Gasteiger partial charge in [0, 0.05) is 6.04 Å². The number of nitrogen functional groups attached to an aromatic ring is 1. The number of carbonyl (C=O) groups excluding carboxylic acids is 2. The highest BCUT2D eigenvalue weighted by molar-refractivity contribution is 5.92. The molecule has 1 aromatic carbocycles. The van der Waals surface area contributed by atoms with Crippen LogP contribution in [-0.4, -0.2) is 31.6 Å². The first-order chi connectivity index (χ1) is 8.86. The molecule has 0 aromatic heterocycles. The van der Waals surface area contributed by atoms with Crippen molar-refractivity contribution in [2.75, 3.05) is 24.3 Å². The Balaban J connectivity index is 3.11. The first-order valence-electron chi connectivity index (χ1n) is 5.89. The number of nitrogens with zero attached hydrogens (tertiary/aromatic N) is 1. The second-order valence-electron chi connectivity index (χ2n) is 4.45. The predicted molar refractivity (Wildman–Crippen MR) is 73.9 cm³/mol. The fourth-order valence-electron chi connectivity index (χ4n) is 1.77. The van der Waals surface area contributed by atoms with E-state index in [1.54, 1.807) is 17.0 Å². The summed E-state index contributed by atoms with van der Waals surface area (Å²) in [5, 5.41) is 0. The molecule has 1 amide bonds. The first-order valence-corrected chi connectivity index (χ1v) is 5.89. The molecule has 104 valence electrons. The number of hydrogen-bond acceptors (Lipinski definition) is 5. The van der Waals surface area contributed by atoms with Gasteiger partial charge in [-0.2, -0.15) is 0 Å². The van der Waals surface area contributed by atoms with Gasteiger partial charge in [-0.3, -0.25) is 4.79 Å². The van der Waals surface area contributed by atoms with Gasteiger partial charge in [0.2, 0.25) is 5.91 Å². The first kappa shape index (κ1) is 14.8. The Morgan fingerprint density at radius 3 is 2.42 bits per heavy atom. The zero-order valence-electron chi connectivity index (χ0n) is 11.3. The fraction of sp³-hybridized carbons (Fsp3) is 0.385. The predicted octanol–water partition coefficient (Wildman–Crippen LogP) is 0.755. The third kappa shape index (κ3) is 3.61. The zero-order chi connectivity index (χ0) is 14.6.